The topological polar surface area (TPSA) is 70.6 Å². The third-order valence-corrected chi connectivity index (χ3v) is 5.28. The van der Waals surface area contributed by atoms with Gasteiger partial charge in [0.2, 0.25) is 0 Å². The fourth-order valence-electron chi connectivity index (χ4n) is 1.84. The van der Waals surface area contributed by atoms with Crippen LogP contribution in [0, 0.1) is 12.3 Å². The monoisotopic (exact) mass is 473 g/mol. The quantitative estimate of drug-likeness (QED) is 0.363. The van der Waals surface area contributed by atoms with Crippen LogP contribution in [-0.4, -0.2) is 40.0 Å². The summed E-state index contributed by atoms with van der Waals surface area (Å²) in [5.41, 5.74) is -0.111. The van der Waals surface area contributed by atoms with Gasteiger partial charge in [0.15, 0.2) is 5.96 Å². The largest absolute Gasteiger partial charge is 0.356 e. The zero-order valence-corrected chi connectivity index (χ0v) is 18.4. The van der Waals surface area contributed by atoms with Gasteiger partial charge in [0.05, 0.1) is 12.3 Å². The Morgan fingerprint density at radius 1 is 1.30 bits per heavy atom. The Kier molecular flexibility index (Phi) is 9.68. The molecule has 1 aromatic rings. The molecule has 0 spiro atoms. The first kappa shape index (κ1) is 22.6. The van der Waals surface area contributed by atoms with Crippen LogP contribution < -0.4 is 10.6 Å². The molecule has 0 amide bonds. The van der Waals surface area contributed by atoms with Crippen molar-refractivity contribution in [3.8, 4) is 0 Å². The van der Waals surface area contributed by atoms with Gasteiger partial charge >= 0.3 is 0 Å². The lowest BCUT2D eigenvalue weighted by Crippen LogP contribution is -2.42. The van der Waals surface area contributed by atoms with Crippen molar-refractivity contribution in [1.29, 1.82) is 0 Å². The van der Waals surface area contributed by atoms with E-state index >= 15 is 0 Å². The van der Waals surface area contributed by atoms with E-state index in [1.807, 2.05) is 0 Å². The molecule has 0 atom stereocenters. The second-order valence-corrected chi connectivity index (χ2v) is 9.97. The summed E-state index contributed by atoms with van der Waals surface area (Å²) in [5, 5.41) is 6.55. The highest BCUT2D eigenvalue weighted by atomic mass is 127. The molecule has 5 nitrogen and oxygen atoms in total. The van der Waals surface area contributed by atoms with Gasteiger partial charge in [-0.05, 0) is 30.9 Å². The van der Waals surface area contributed by atoms with E-state index < -0.39 is 9.84 Å². The summed E-state index contributed by atoms with van der Waals surface area (Å²) in [6.45, 7) is 7.61. The van der Waals surface area contributed by atoms with E-state index in [1.54, 1.807) is 18.4 Å². The predicted molar refractivity (Wildman–Crippen MR) is 111 cm³/mol. The van der Waals surface area contributed by atoms with Crippen LogP contribution in [0.5, 0.6) is 0 Å². The van der Waals surface area contributed by atoms with Crippen molar-refractivity contribution in [2.24, 2.45) is 10.4 Å². The number of guanidine groups is 1. The Balaban J connectivity index is 0.00000484. The van der Waals surface area contributed by atoms with E-state index in [9.17, 15) is 8.42 Å². The molecule has 0 aliphatic carbocycles. The number of halogens is 1. The minimum atomic E-state index is -2.92. The first-order valence-corrected chi connectivity index (χ1v) is 10.2. The Morgan fingerprint density at radius 3 is 2.43 bits per heavy atom. The van der Waals surface area contributed by atoms with Gasteiger partial charge in [-0.3, -0.25) is 4.99 Å². The first-order chi connectivity index (χ1) is 10.1. The van der Waals surface area contributed by atoms with Gasteiger partial charge in [-0.25, -0.2) is 8.42 Å². The lowest BCUT2D eigenvalue weighted by atomic mass is 9.90. The molecule has 0 saturated carbocycles. The van der Waals surface area contributed by atoms with Gasteiger partial charge in [-0.15, -0.1) is 35.3 Å². The van der Waals surface area contributed by atoms with Crippen LogP contribution in [0.1, 0.15) is 30.0 Å². The summed E-state index contributed by atoms with van der Waals surface area (Å²) in [6, 6.07) is 4.21. The van der Waals surface area contributed by atoms with Crippen LogP contribution >= 0.6 is 35.3 Å². The molecule has 1 aromatic heterocycles. The number of aryl methyl sites for hydroxylation is 1. The van der Waals surface area contributed by atoms with Gasteiger partial charge in [0.25, 0.3) is 0 Å². The molecule has 134 valence electrons. The van der Waals surface area contributed by atoms with E-state index in [-0.39, 0.29) is 35.1 Å². The molecule has 23 heavy (non-hydrogen) atoms. The van der Waals surface area contributed by atoms with E-state index in [1.165, 1.54) is 16.0 Å². The fraction of sp³-hybridized carbons (Fsp3) is 0.667. The van der Waals surface area contributed by atoms with E-state index in [0.29, 0.717) is 13.0 Å². The number of thiophene rings is 1. The minimum Gasteiger partial charge on any atom is -0.356 e. The molecule has 0 fully saturated rings. The maximum absolute atomic E-state index is 11.3. The average molecular weight is 473 g/mol. The Bertz CT molecular complexity index is 610. The minimum absolute atomic E-state index is 0. The van der Waals surface area contributed by atoms with Gasteiger partial charge in [0, 0.05) is 29.6 Å². The Labute approximate surface area is 161 Å². The number of hydrogen-bond donors (Lipinski definition) is 2. The second-order valence-electron chi connectivity index (χ2n) is 6.34. The van der Waals surface area contributed by atoms with Gasteiger partial charge in [-0.1, -0.05) is 13.8 Å². The molecule has 0 aliphatic rings. The lowest BCUT2D eigenvalue weighted by Gasteiger charge is -2.25. The molecule has 1 heterocycles. The zero-order chi connectivity index (χ0) is 16.8. The molecule has 0 bridgehead atoms. The van der Waals surface area contributed by atoms with Gasteiger partial charge in [0.1, 0.15) is 9.84 Å². The fourth-order valence-corrected chi connectivity index (χ4v) is 3.60. The van der Waals surface area contributed by atoms with Crippen molar-refractivity contribution in [2.75, 3.05) is 25.6 Å². The highest BCUT2D eigenvalue weighted by Crippen LogP contribution is 2.19. The molecule has 2 N–H and O–H groups in total. The number of nitrogens with zero attached hydrogens (tertiary/aromatic N) is 1. The molecular formula is C15H28IN3O2S2. The molecule has 0 aromatic carbocycles. The Hall–Kier alpha value is -0.350. The summed E-state index contributed by atoms with van der Waals surface area (Å²) in [6.07, 6.45) is 1.90. The summed E-state index contributed by atoms with van der Waals surface area (Å²) >= 11 is 1.76. The molecule has 0 saturated heterocycles. The first-order valence-electron chi connectivity index (χ1n) is 7.29. The van der Waals surface area contributed by atoms with E-state index in [2.05, 4.69) is 48.5 Å². The van der Waals surface area contributed by atoms with Crippen LogP contribution in [0.15, 0.2) is 17.1 Å². The van der Waals surface area contributed by atoms with Crippen molar-refractivity contribution < 1.29 is 8.42 Å². The average Bonchev–Trinajstić information content (AvgIpc) is 2.82. The summed E-state index contributed by atoms with van der Waals surface area (Å²) in [5.74, 6) is 0.945. The van der Waals surface area contributed by atoms with Crippen LogP contribution in [0.2, 0.25) is 0 Å². The maximum Gasteiger partial charge on any atom is 0.191 e. The van der Waals surface area contributed by atoms with Crippen molar-refractivity contribution in [3.63, 3.8) is 0 Å². The smallest absolute Gasteiger partial charge is 0.191 e. The number of sulfone groups is 1. The molecular weight excluding hydrogens is 445 g/mol. The standard InChI is InChI=1S/C15H27N3O2S2.HI/c1-12-6-7-13(21-12)10-17-14(16-4)18-11-15(2,3)8-9-22(5,19)20;/h6-7H,8-11H2,1-5H3,(H2,16,17,18);1H. The molecule has 0 unspecified atom stereocenters. The molecule has 1 rings (SSSR count). The second kappa shape index (κ2) is 9.83. The van der Waals surface area contributed by atoms with Gasteiger partial charge in [-0.2, -0.15) is 0 Å². The maximum atomic E-state index is 11.3. The summed E-state index contributed by atoms with van der Waals surface area (Å²) in [4.78, 5) is 6.76. The normalized spacial score (nSPS) is 12.7. The third-order valence-electron chi connectivity index (χ3n) is 3.33. The third kappa shape index (κ3) is 10.2. The zero-order valence-electron chi connectivity index (χ0n) is 14.5. The highest BCUT2D eigenvalue weighted by molar-refractivity contribution is 14.0. The van der Waals surface area contributed by atoms with Crippen molar-refractivity contribution in [1.82, 2.24) is 10.6 Å². The highest BCUT2D eigenvalue weighted by Gasteiger charge is 2.20. The molecule has 8 heteroatoms. The van der Waals surface area contributed by atoms with Crippen LogP contribution in [-0.2, 0) is 16.4 Å². The van der Waals surface area contributed by atoms with Gasteiger partial charge < -0.3 is 10.6 Å². The molecule has 0 aliphatic heterocycles. The van der Waals surface area contributed by atoms with Crippen molar-refractivity contribution in [2.45, 2.75) is 33.7 Å². The van der Waals surface area contributed by atoms with Crippen LogP contribution in [0.4, 0.5) is 0 Å². The van der Waals surface area contributed by atoms with Crippen molar-refractivity contribution >= 4 is 51.1 Å². The SMILES string of the molecule is CN=C(NCc1ccc(C)s1)NCC(C)(C)CCS(C)(=O)=O.I. The molecule has 0 radical (unpaired) electrons. The van der Waals surface area contributed by atoms with E-state index in [4.69, 9.17) is 0 Å². The van der Waals surface area contributed by atoms with Crippen LogP contribution in [0.25, 0.3) is 0 Å². The lowest BCUT2D eigenvalue weighted by molar-refractivity contribution is 0.348. The van der Waals surface area contributed by atoms with Crippen molar-refractivity contribution in [3.05, 3.63) is 21.9 Å². The number of aliphatic imine (C=N–C) groups is 1. The Morgan fingerprint density at radius 2 is 1.96 bits per heavy atom. The van der Waals surface area contributed by atoms with E-state index in [0.717, 1.165) is 12.5 Å². The number of nitrogens with one attached hydrogen (secondary N) is 2. The summed E-state index contributed by atoms with van der Waals surface area (Å²) < 4.78 is 22.6. The van der Waals surface area contributed by atoms with Crippen LogP contribution in [0.3, 0.4) is 0 Å². The predicted octanol–water partition coefficient (Wildman–Crippen LogP) is 2.80. The number of rotatable bonds is 7. The number of hydrogen-bond acceptors (Lipinski definition) is 4. The summed E-state index contributed by atoms with van der Waals surface area (Å²) in [7, 11) is -1.18.